The molecule has 1 fully saturated rings. The van der Waals surface area contributed by atoms with E-state index < -0.39 is 0 Å². The second kappa shape index (κ2) is 6.50. The van der Waals surface area contributed by atoms with Crippen molar-refractivity contribution in [1.29, 1.82) is 0 Å². The Kier molecular flexibility index (Phi) is 4.46. The van der Waals surface area contributed by atoms with Crippen LogP contribution in [0.15, 0.2) is 30.3 Å². The second-order valence-corrected chi connectivity index (χ2v) is 6.63. The van der Waals surface area contributed by atoms with Gasteiger partial charge in [-0.15, -0.1) is 11.3 Å². The van der Waals surface area contributed by atoms with Gasteiger partial charge in [0.15, 0.2) is 5.78 Å². The standard InChI is InChI=1S/C17H20N2OS/c1-13(20)16-15(12-19-10-6-3-7-11-19)21-17(18-16)14-8-4-2-5-9-14/h2,4-5,8-9H,3,6-7,10-12H2,1H3. The molecule has 0 saturated carbocycles. The van der Waals surface area contributed by atoms with E-state index in [4.69, 9.17) is 0 Å². The molecule has 0 unspecified atom stereocenters. The smallest absolute Gasteiger partial charge is 0.179 e. The Morgan fingerprint density at radius 2 is 1.90 bits per heavy atom. The Balaban J connectivity index is 1.88. The Morgan fingerprint density at radius 3 is 2.57 bits per heavy atom. The van der Waals surface area contributed by atoms with Crippen LogP contribution in [-0.2, 0) is 6.54 Å². The van der Waals surface area contributed by atoms with Crippen molar-refractivity contribution < 1.29 is 4.79 Å². The summed E-state index contributed by atoms with van der Waals surface area (Å²) in [5, 5.41) is 0.952. The first-order valence-corrected chi connectivity index (χ1v) is 8.34. The van der Waals surface area contributed by atoms with Crippen LogP contribution in [0, 0.1) is 0 Å². The maximum atomic E-state index is 11.9. The number of thiazole rings is 1. The average molecular weight is 300 g/mol. The van der Waals surface area contributed by atoms with Crippen LogP contribution >= 0.6 is 11.3 Å². The summed E-state index contributed by atoms with van der Waals surface area (Å²) in [4.78, 5) is 20.0. The second-order valence-electron chi connectivity index (χ2n) is 5.55. The fraction of sp³-hybridized carbons (Fsp3) is 0.412. The molecule has 1 aliphatic rings. The average Bonchev–Trinajstić information content (AvgIpc) is 2.93. The Labute approximate surface area is 129 Å². The van der Waals surface area contributed by atoms with E-state index in [1.54, 1.807) is 18.3 Å². The van der Waals surface area contributed by atoms with Crippen LogP contribution in [-0.4, -0.2) is 28.8 Å². The molecule has 3 nitrogen and oxygen atoms in total. The van der Waals surface area contributed by atoms with E-state index in [1.165, 1.54) is 19.3 Å². The number of carbonyl (C=O) groups excluding carboxylic acids is 1. The van der Waals surface area contributed by atoms with Gasteiger partial charge in [0.2, 0.25) is 0 Å². The molecule has 1 saturated heterocycles. The molecule has 2 aromatic rings. The van der Waals surface area contributed by atoms with Gasteiger partial charge in [0.25, 0.3) is 0 Å². The number of hydrogen-bond donors (Lipinski definition) is 0. The number of rotatable bonds is 4. The Morgan fingerprint density at radius 1 is 1.19 bits per heavy atom. The third-order valence-electron chi connectivity index (χ3n) is 3.87. The third kappa shape index (κ3) is 3.39. The number of Topliss-reactive ketones (excluding diaryl/α,β-unsaturated/α-hetero) is 1. The molecule has 1 aliphatic heterocycles. The van der Waals surface area contributed by atoms with Crippen LogP contribution < -0.4 is 0 Å². The molecule has 0 spiro atoms. The van der Waals surface area contributed by atoms with E-state index in [0.717, 1.165) is 35.1 Å². The van der Waals surface area contributed by atoms with E-state index in [1.807, 2.05) is 30.3 Å². The predicted octanol–water partition coefficient (Wildman–Crippen LogP) is 4.00. The Bertz CT molecular complexity index is 615. The lowest BCUT2D eigenvalue weighted by Crippen LogP contribution is -2.29. The van der Waals surface area contributed by atoms with Crippen molar-refractivity contribution in [1.82, 2.24) is 9.88 Å². The molecule has 0 N–H and O–H groups in total. The fourth-order valence-electron chi connectivity index (χ4n) is 2.76. The number of piperidine rings is 1. The lowest BCUT2D eigenvalue weighted by Gasteiger charge is -2.25. The molecule has 1 aromatic carbocycles. The van der Waals surface area contributed by atoms with Crippen LogP contribution in [0.25, 0.3) is 10.6 Å². The van der Waals surface area contributed by atoms with Gasteiger partial charge in [0, 0.05) is 19.0 Å². The van der Waals surface area contributed by atoms with Crippen molar-refractivity contribution in [2.24, 2.45) is 0 Å². The van der Waals surface area contributed by atoms with Crippen molar-refractivity contribution in [3.05, 3.63) is 40.9 Å². The largest absolute Gasteiger partial charge is 0.298 e. The zero-order chi connectivity index (χ0) is 14.7. The highest BCUT2D eigenvalue weighted by atomic mass is 32.1. The Hall–Kier alpha value is -1.52. The molecule has 0 aliphatic carbocycles. The highest BCUT2D eigenvalue weighted by Gasteiger charge is 2.19. The number of ketones is 1. The van der Waals surface area contributed by atoms with Crippen LogP contribution in [0.4, 0.5) is 0 Å². The first-order valence-electron chi connectivity index (χ1n) is 7.52. The quantitative estimate of drug-likeness (QED) is 0.800. The summed E-state index contributed by atoms with van der Waals surface area (Å²) >= 11 is 1.66. The molecule has 4 heteroatoms. The lowest BCUT2D eigenvalue weighted by molar-refractivity contribution is 0.101. The monoisotopic (exact) mass is 300 g/mol. The van der Waals surface area contributed by atoms with Gasteiger partial charge < -0.3 is 0 Å². The molecule has 0 amide bonds. The normalized spacial score (nSPS) is 16.0. The van der Waals surface area contributed by atoms with E-state index in [0.29, 0.717) is 5.69 Å². The molecule has 2 heterocycles. The summed E-state index contributed by atoms with van der Waals surface area (Å²) in [6, 6.07) is 10.1. The molecule has 0 radical (unpaired) electrons. The van der Waals surface area contributed by atoms with E-state index in [9.17, 15) is 4.79 Å². The molecule has 110 valence electrons. The SMILES string of the molecule is CC(=O)c1nc(-c2ccccc2)sc1CN1CCCCC1. The number of hydrogen-bond acceptors (Lipinski definition) is 4. The minimum absolute atomic E-state index is 0.0699. The van der Waals surface area contributed by atoms with Crippen LogP contribution in [0.1, 0.15) is 41.6 Å². The summed E-state index contributed by atoms with van der Waals surface area (Å²) in [7, 11) is 0. The van der Waals surface area contributed by atoms with Crippen LogP contribution in [0.2, 0.25) is 0 Å². The summed E-state index contributed by atoms with van der Waals surface area (Å²) in [6.07, 6.45) is 3.85. The summed E-state index contributed by atoms with van der Waals surface area (Å²) in [5.41, 5.74) is 1.75. The topological polar surface area (TPSA) is 33.2 Å². The third-order valence-corrected chi connectivity index (χ3v) is 4.96. The summed E-state index contributed by atoms with van der Waals surface area (Å²) in [5.74, 6) is 0.0699. The van der Waals surface area contributed by atoms with Crippen molar-refractivity contribution in [2.75, 3.05) is 13.1 Å². The number of likely N-dealkylation sites (tertiary alicyclic amines) is 1. The van der Waals surface area contributed by atoms with Crippen molar-refractivity contribution in [3.8, 4) is 10.6 Å². The van der Waals surface area contributed by atoms with Gasteiger partial charge in [-0.05, 0) is 25.9 Å². The van der Waals surface area contributed by atoms with Gasteiger partial charge in [-0.3, -0.25) is 9.69 Å². The molecule has 3 rings (SSSR count). The number of nitrogens with zero attached hydrogens (tertiary/aromatic N) is 2. The molecule has 21 heavy (non-hydrogen) atoms. The van der Waals surface area contributed by atoms with Crippen LogP contribution in [0.5, 0.6) is 0 Å². The van der Waals surface area contributed by atoms with Gasteiger partial charge in [-0.25, -0.2) is 4.98 Å². The molecule has 1 aromatic heterocycles. The van der Waals surface area contributed by atoms with Gasteiger partial charge in [0.1, 0.15) is 10.7 Å². The molecular formula is C17H20N2OS. The van der Waals surface area contributed by atoms with E-state index >= 15 is 0 Å². The zero-order valence-corrected chi connectivity index (χ0v) is 13.2. The van der Waals surface area contributed by atoms with E-state index in [-0.39, 0.29) is 5.78 Å². The minimum Gasteiger partial charge on any atom is -0.298 e. The van der Waals surface area contributed by atoms with Crippen molar-refractivity contribution in [3.63, 3.8) is 0 Å². The predicted molar refractivity (Wildman–Crippen MR) is 86.7 cm³/mol. The summed E-state index contributed by atoms with van der Waals surface area (Å²) in [6.45, 7) is 4.74. The summed E-state index contributed by atoms with van der Waals surface area (Å²) < 4.78 is 0. The fourth-order valence-corrected chi connectivity index (χ4v) is 3.92. The number of benzene rings is 1. The highest BCUT2D eigenvalue weighted by Crippen LogP contribution is 2.29. The first-order chi connectivity index (χ1) is 10.2. The molecular weight excluding hydrogens is 280 g/mol. The molecule has 0 bridgehead atoms. The van der Waals surface area contributed by atoms with E-state index in [2.05, 4.69) is 9.88 Å². The van der Waals surface area contributed by atoms with Crippen molar-refractivity contribution in [2.45, 2.75) is 32.7 Å². The maximum Gasteiger partial charge on any atom is 0.179 e. The van der Waals surface area contributed by atoms with Gasteiger partial charge in [-0.2, -0.15) is 0 Å². The lowest BCUT2D eigenvalue weighted by atomic mass is 10.1. The first kappa shape index (κ1) is 14.4. The van der Waals surface area contributed by atoms with Gasteiger partial charge >= 0.3 is 0 Å². The minimum atomic E-state index is 0.0699. The zero-order valence-electron chi connectivity index (χ0n) is 12.3. The highest BCUT2D eigenvalue weighted by molar-refractivity contribution is 7.15. The number of aromatic nitrogens is 1. The molecule has 0 atom stereocenters. The van der Waals surface area contributed by atoms with Gasteiger partial charge in [-0.1, -0.05) is 36.8 Å². The maximum absolute atomic E-state index is 11.9. The van der Waals surface area contributed by atoms with Crippen molar-refractivity contribution >= 4 is 17.1 Å². The van der Waals surface area contributed by atoms with Crippen LogP contribution in [0.3, 0.4) is 0 Å². The van der Waals surface area contributed by atoms with Gasteiger partial charge in [0.05, 0.1) is 4.88 Å². The number of carbonyl (C=O) groups is 1.